The molecule has 0 radical (unpaired) electrons. The van der Waals surface area contributed by atoms with E-state index in [2.05, 4.69) is 0 Å². The zero-order valence-electron chi connectivity index (χ0n) is 4.98. The molecule has 0 spiro atoms. The van der Waals surface area contributed by atoms with Crippen molar-refractivity contribution in [2.75, 3.05) is 0 Å². The van der Waals surface area contributed by atoms with Gasteiger partial charge in [-0.15, -0.1) is 0 Å². The van der Waals surface area contributed by atoms with Crippen molar-refractivity contribution in [1.29, 1.82) is 0 Å². The maximum absolute atomic E-state index is 10.7. The molecule has 0 aliphatic carbocycles. The summed E-state index contributed by atoms with van der Waals surface area (Å²) in [6.45, 7) is 0. The van der Waals surface area contributed by atoms with E-state index < -0.39 is 15.6 Å². The molecule has 0 aromatic heterocycles. The van der Waals surface area contributed by atoms with Gasteiger partial charge in [-0.1, -0.05) is 0 Å². The van der Waals surface area contributed by atoms with Gasteiger partial charge >= 0.3 is 27.9 Å². The fourth-order valence-electron chi connectivity index (χ4n) is 0. The maximum Gasteiger partial charge on any atom is 1.00 e. The van der Waals surface area contributed by atoms with Crippen LogP contribution in [0.4, 0.5) is 13.2 Å². The topological polar surface area (TPSA) is 127 Å². The van der Waals surface area contributed by atoms with E-state index in [-0.39, 0.29) is 34.7 Å². The van der Waals surface area contributed by atoms with Gasteiger partial charge in [0.05, 0.1) is 0 Å². The molecule has 6 N–H and O–H groups in total. The van der Waals surface area contributed by atoms with E-state index in [1.807, 2.05) is 0 Å². The summed E-state index contributed by atoms with van der Waals surface area (Å²) in [6.07, 6.45) is 0. The smallest absolute Gasteiger partial charge is 0.741 e. The van der Waals surface area contributed by atoms with Gasteiger partial charge in [0.1, 0.15) is 0 Å². The van der Waals surface area contributed by atoms with Crippen molar-refractivity contribution >= 4 is 10.1 Å². The number of halogens is 3. The molecule has 0 heterocycles. The molecule has 0 atom stereocenters. The van der Waals surface area contributed by atoms with E-state index in [4.69, 9.17) is 13.0 Å². The quantitative estimate of drug-likeness (QED) is 0.378. The van der Waals surface area contributed by atoms with Gasteiger partial charge in [0.25, 0.3) is 0 Å². The third-order valence-electron chi connectivity index (χ3n) is 0.283. The van der Waals surface area contributed by atoms with Crippen molar-refractivity contribution in [3.63, 3.8) is 0 Å². The molecular formula is CH6AgF3N2O3S. The van der Waals surface area contributed by atoms with E-state index in [9.17, 15) is 13.2 Å². The first kappa shape index (κ1) is 22.5. The van der Waals surface area contributed by atoms with Crippen LogP contribution in [-0.4, -0.2) is 18.5 Å². The standard InChI is InChI=1S/CHF3O3S.Ag.2H3N/c2-1(3,4)8(5,6)7;;;/h(H,5,6,7);;2*1H3/q;+1;;/p-1. The Balaban J connectivity index is -0.0000000817. The predicted octanol–water partition coefficient (Wildman–Crippen LogP) is 0.373. The minimum atomic E-state index is -6.09. The van der Waals surface area contributed by atoms with Crippen LogP contribution in [0, 0.1) is 0 Å². The summed E-state index contributed by atoms with van der Waals surface area (Å²) in [5.74, 6) is 0. The molecule has 0 aromatic carbocycles. The van der Waals surface area contributed by atoms with Gasteiger partial charge < -0.3 is 16.9 Å². The number of hydrogen-bond acceptors (Lipinski definition) is 5. The molecule has 0 aliphatic rings. The van der Waals surface area contributed by atoms with Crippen LogP contribution in [0.1, 0.15) is 0 Å². The van der Waals surface area contributed by atoms with Gasteiger partial charge in [-0.25, -0.2) is 8.42 Å². The first-order chi connectivity index (χ1) is 3.25. The average Bonchev–Trinajstić information content (AvgIpc) is 1.25. The molecule has 11 heavy (non-hydrogen) atoms. The molecule has 0 aliphatic heterocycles. The summed E-state index contributed by atoms with van der Waals surface area (Å²) in [6, 6.07) is 0. The summed E-state index contributed by atoms with van der Waals surface area (Å²) in [5.41, 5.74) is -5.65. The Morgan fingerprint density at radius 1 is 1.09 bits per heavy atom. The zero-order valence-corrected chi connectivity index (χ0v) is 7.28. The summed E-state index contributed by atoms with van der Waals surface area (Å²) < 4.78 is 58.9. The van der Waals surface area contributed by atoms with E-state index in [0.717, 1.165) is 0 Å². The molecule has 0 saturated carbocycles. The second kappa shape index (κ2) is 5.94. The van der Waals surface area contributed by atoms with E-state index >= 15 is 0 Å². The Bertz CT molecular complexity index is 176. The van der Waals surface area contributed by atoms with Crippen LogP contribution in [0.2, 0.25) is 0 Å². The molecule has 76 valence electrons. The summed E-state index contributed by atoms with van der Waals surface area (Å²) in [7, 11) is -6.09. The molecule has 0 saturated heterocycles. The van der Waals surface area contributed by atoms with Gasteiger partial charge in [0.15, 0.2) is 10.1 Å². The van der Waals surface area contributed by atoms with Crippen LogP contribution in [0.3, 0.4) is 0 Å². The zero-order chi connectivity index (χ0) is 7.00. The van der Waals surface area contributed by atoms with Crippen LogP contribution in [-0.2, 0) is 32.5 Å². The first-order valence-electron chi connectivity index (χ1n) is 1.27. The van der Waals surface area contributed by atoms with Gasteiger partial charge in [-0.3, -0.25) is 0 Å². The molecule has 0 rings (SSSR count). The van der Waals surface area contributed by atoms with Crippen molar-refractivity contribution < 1.29 is 48.5 Å². The third-order valence-corrected chi connectivity index (χ3v) is 0.850. The van der Waals surface area contributed by atoms with Crippen molar-refractivity contribution in [1.82, 2.24) is 12.3 Å². The molecule has 0 aromatic rings. The SMILES string of the molecule is N.N.O=S(=O)([O-])C(F)(F)F.[Ag+]. The van der Waals surface area contributed by atoms with Crippen molar-refractivity contribution in [2.45, 2.75) is 5.51 Å². The minimum Gasteiger partial charge on any atom is -0.741 e. The van der Waals surface area contributed by atoms with Crippen LogP contribution in [0.25, 0.3) is 0 Å². The normalized spacial score (nSPS) is 10.2. The van der Waals surface area contributed by atoms with Crippen LogP contribution < -0.4 is 12.3 Å². The Morgan fingerprint density at radius 2 is 1.18 bits per heavy atom. The molecule has 0 fully saturated rings. The monoisotopic (exact) mass is 290 g/mol. The Labute approximate surface area is 76.8 Å². The van der Waals surface area contributed by atoms with Gasteiger partial charge in [0, 0.05) is 0 Å². The summed E-state index contributed by atoms with van der Waals surface area (Å²) in [5, 5.41) is 0. The largest absolute Gasteiger partial charge is 1.00 e. The van der Waals surface area contributed by atoms with Crippen LogP contribution >= 0.6 is 0 Å². The Hall–Kier alpha value is 0.360. The fourth-order valence-corrected chi connectivity index (χ4v) is 0. The minimum absolute atomic E-state index is 0. The average molecular weight is 291 g/mol. The second-order valence-corrected chi connectivity index (χ2v) is 2.27. The third kappa shape index (κ3) is 8.26. The van der Waals surface area contributed by atoms with E-state index in [1.165, 1.54) is 0 Å². The Kier molecular flexibility index (Phi) is 12.2. The van der Waals surface area contributed by atoms with E-state index in [0.29, 0.717) is 0 Å². The fraction of sp³-hybridized carbons (Fsp3) is 1.00. The summed E-state index contributed by atoms with van der Waals surface area (Å²) in [4.78, 5) is 0. The van der Waals surface area contributed by atoms with Crippen LogP contribution in [0.5, 0.6) is 0 Å². The van der Waals surface area contributed by atoms with Gasteiger partial charge in [0.2, 0.25) is 0 Å². The second-order valence-electron chi connectivity index (χ2n) is 0.900. The molecule has 0 unspecified atom stereocenters. The Morgan fingerprint density at radius 3 is 1.18 bits per heavy atom. The number of alkyl halides is 3. The maximum atomic E-state index is 10.7. The van der Waals surface area contributed by atoms with Crippen molar-refractivity contribution in [3.8, 4) is 0 Å². The molecule has 5 nitrogen and oxygen atoms in total. The van der Waals surface area contributed by atoms with Gasteiger partial charge in [-0.05, 0) is 0 Å². The first-order valence-corrected chi connectivity index (χ1v) is 2.68. The van der Waals surface area contributed by atoms with Crippen molar-refractivity contribution in [2.24, 2.45) is 0 Å². The number of hydrogen-bond donors (Lipinski definition) is 2. The van der Waals surface area contributed by atoms with Gasteiger partial charge in [-0.2, -0.15) is 13.2 Å². The molecular weight excluding hydrogens is 285 g/mol. The molecule has 0 amide bonds. The number of rotatable bonds is 0. The van der Waals surface area contributed by atoms with Crippen molar-refractivity contribution in [3.05, 3.63) is 0 Å². The summed E-state index contributed by atoms with van der Waals surface area (Å²) >= 11 is 0. The van der Waals surface area contributed by atoms with Crippen LogP contribution in [0.15, 0.2) is 0 Å². The predicted molar refractivity (Wildman–Crippen MR) is 25.8 cm³/mol. The van der Waals surface area contributed by atoms with E-state index in [1.54, 1.807) is 0 Å². The molecule has 0 bridgehead atoms. The molecule has 10 heteroatoms.